The van der Waals surface area contributed by atoms with Crippen LogP contribution in [0.4, 0.5) is 11.6 Å². The van der Waals surface area contributed by atoms with E-state index in [0.717, 1.165) is 56.5 Å². The number of anilines is 2. The van der Waals surface area contributed by atoms with Gasteiger partial charge in [0.1, 0.15) is 5.82 Å². The molecule has 0 bridgehead atoms. The molecule has 1 unspecified atom stereocenters. The highest BCUT2D eigenvalue weighted by atomic mass is 32.2. The highest BCUT2D eigenvalue weighted by molar-refractivity contribution is 7.88. The lowest BCUT2D eigenvalue weighted by Gasteiger charge is -2.38. The van der Waals surface area contributed by atoms with E-state index in [2.05, 4.69) is 88.8 Å². The third kappa shape index (κ3) is 6.53. The first-order chi connectivity index (χ1) is 18.8. The maximum Gasteiger partial charge on any atom is 0.224 e. The molecule has 2 fully saturated rings. The molecule has 0 spiro atoms. The van der Waals surface area contributed by atoms with Crippen LogP contribution >= 0.6 is 0 Å². The minimum atomic E-state index is -3.18. The van der Waals surface area contributed by atoms with Crippen molar-refractivity contribution >= 4 is 40.9 Å². The van der Waals surface area contributed by atoms with Gasteiger partial charge in [-0.3, -0.25) is 0 Å². The Balaban J connectivity index is 1.28. The van der Waals surface area contributed by atoms with Crippen LogP contribution in [0, 0.1) is 0 Å². The Bertz CT molecular complexity index is 1440. The van der Waals surface area contributed by atoms with Gasteiger partial charge in [0.05, 0.1) is 17.9 Å². The Morgan fingerprint density at radius 2 is 1.75 bits per heavy atom. The van der Waals surface area contributed by atoms with Crippen molar-refractivity contribution in [2.24, 2.45) is 0 Å². The monoisotopic (exact) mass is 584 g/mol. The molecule has 0 amide bonds. The molecule has 40 heavy (non-hydrogen) atoms. The van der Waals surface area contributed by atoms with Gasteiger partial charge in [0.25, 0.3) is 0 Å². The number of fused-ring (bicyclic) bond motifs is 1. The molecule has 1 aliphatic heterocycles. The standard InChI is InChI=1S/C29H44N6O3SSi/c1-29(2,3)40(5,6)38-23-15-18-34(20-23)25-8-7-9-26-24(25)16-19-35(26)27-14-17-30-28(32-27)31-21-10-12-22(13-11-21)33-39(4,36)37/h7-9,14,16-17,19,21-23,33H,10-13,15,18,20H2,1-6H3,(H,30,31,32). The Hall–Kier alpha value is -2.47. The zero-order chi connectivity index (χ0) is 28.7. The molecule has 3 aromatic rings. The van der Waals surface area contributed by atoms with E-state index < -0.39 is 18.3 Å². The number of aromatic nitrogens is 3. The molecule has 3 heterocycles. The lowest BCUT2D eigenvalue weighted by Crippen LogP contribution is -2.44. The van der Waals surface area contributed by atoms with Crippen LogP contribution in [0.1, 0.15) is 52.9 Å². The Morgan fingerprint density at radius 1 is 1.02 bits per heavy atom. The SMILES string of the molecule is CC(C)(C)[Si](C)(C)OC1CCN(c2cccc3c2ccn3-c2ccnc(NC3CCC(NS(C)(=O)=O)CC3)n2)C1. The van der Waals surface area contributed by atoms with Crippen molar-refractivity contribution in [2.45, 2.75) is 89.2 Å². The Morgan fingerprint density at radius 3 is 2.45 bits per heavy atom. The van der Waals surface area contributed by atoms with Crippen LogP contribution in [0.15, 0.2) is 42.7 Å². The molecule has 2 aliphatic rings. The zero-order valence-electron chi connectivity index (χ0n) is 24.6. The van der Waals surface area contributed by atoms with Crippen LogP contribution in [0.5, 0.6) is 0 Å². The topological polar surface area (TPSA) is 101 Å². The van der Waals surface area contributed by atoms with Gasteiger partial charge in [-0.2, -0.15) is 4.98 Å². The largest absolute Gasteiger partial charge is 0.412 e. The summed E-state index contributed by atoms with van der Waals surface area (Å²) in [6.07, 6.45) is 9.75. The summed E-state index contributed by atoms with van der Waals surface area (Å²) in [5, 5.41) is 4.89. The highest BCUT2D eigenvalue weighted by Crippen LogP contribution is 2.39. The molecule has 0 radical (unpaired) electrons. The minimum absolute atomic E-state index is 0.00485. The highest BCUT2D eigenvalue weighted by Gasteiger charge is 2.40. The summed E-state index contributed by atoms with van der Waals surface area (Å²) in [6, 6.07) is 10.8. The lowest BCUT2D eigenvalue weighted by molar-refractivity contribution is 0.202. The van der Waals surface area contributed by atoms with E-state index in [0.29, 0.717) is 5.95 Å². The van der Waals surface area contributed by atoms with Crippen molar-refractivity contribution in [3.63, 3.8) is 0 Å². The number of rotatable bonds is 8. The van der Waals surface area contributed by atoms with Crippen LogP contribution in [-0.2, 0) is 14.4 Å². The maximum absolute atomic E-state index is 11.6. The van der Waals surface area contributed by atoms with Crippen LogP contribution in [0.2, 0.25) is 18.1 Å². The first kappa shape index (κ1) is 29.0. The average Bonchev–Trinajstić information content (AvgIpc) is 3.51. The maximum atomic E-state index is 11.6. The second-order valence-corrected chi connectivity index (χ2v) is 19.5. The van der Waals surface area contributed by atoms with Gasteiger partial charge in [-0.05, 0) is 74.5 Å². The molecular formula is C29H44N6O3SSi. The first-order valence-electron chi connectivity index (χ1n) is 14.4. The molecule has 2 N–H and O–H groups in total. The number of benzene rings is 1. The summed E-state index contributed by atoms with van der Waals surface area (Å²) in [6.45, 7) is 13.5. The summed E-state index contributed by atoms with van der Waals surface area (Å²) in [7, 11) is -4.99. The molecule has 1 atom stereocenters. The quantitative estimate of drug-likeness (QED) is 0.347. The van der Waals surface area contributed by atoms with E-state index in [-0.39, 0.29) is 23.2 Å². The van der Waals surface area contributed by atoms with Gasteiger partial charge in [0.15, 0.2) is 8.32 Å². The molecule has 1 saturated heterocycles. The van der Waals surface area contributed by atoms with E-state index in [1.54, 1.807) is 6.20 Å². The van der Waals surface area contributed by atoms with Gasteiger partial charge < -0.3 is 19.2 Å². The second kappa shape index (κ2) is 11.1. The lowest BCUT2D eigenvalue weighted by atomic mass is 9.92. The van der Waals surface area contributed by atoms with E-state index in [1.165, 1.54) is 17.3 Å². The molecule has 5 rings (SSSR count). The second-order valence-electron chi connectivity index (χ2n) is 13.0. The molecule has 1 aliphatic carbocycles. The molecule has 1 saturated carbocycles. The van der Waals surface area contributed by atoms with Gasteiger partial charge in [0.2, 0.25) is 16.0 Å². The number of nitrogens with one attached hydrogen (secondary N) is 2. The number of hydrogen-bond donors (Lipinski definition) is 2. The fourth-order valence-corrected chi connectivity index (χ4v) is 7.88. The predicted octanol–water partition coefficient (Wildman–Crippen LogP) is 5.29. The third-order valence-electron chi connectivity index (χ3n) is 8.79. The number of hydrogen-bond acceptors (Lipinski definition) is 7. The third-order valence-corrected chi connectivity index (χ3v) is 14.1. The summed E-state index contributed by atoms with van der Waals surface area (Å²) >= 11 is 0. The van der Waals surface area contributed by atoms with Crippen molar-refractivity contribution in [3.05, 3.63) is 42.7 Å². The van der Waals surface area contributed by atoms with Gasteiger partial charge >= 0.3 is 0 Å². The molecule has 9 nitrogen and oxygen atoms in total. The van der Waals surface area contributed by atoms with Gasteiger partial charge in [-0.25, -0.2) is 18.1 Å². The van der Waals surface area contributed by atoms with E-state index >= 15 is 0 Å². The summed E-state index contributed by atoms with van der Waals surface area (Å²) in [5.74, 6) is 1.41. The van der Waals surface area contributed by atoms with Gasteiger partial charge in [0, 0.05) is 48.6 Å². The van der Waals surface area contributed by atoms with Crippen LogP contribution < -0.4 is 14.9 Å². The molecule has 1 aromatic carbocycles. The summed E-state index contributed by atoms with van der Waals surface area (Å²) in [4.78, 5) is 11.8. The van der Waals surface area contributed by atoms with Crippen molar-refractivity contribution in [2.75, 3.05) is 29.6 Å². The molecule has 11 heteroatoms. The van der Waals surface area contributed by atoms with Crippen LogP contribution in [0.25, 0.3) is 16.7 Å². The van der Waals surface area contributed by atoms with Crippen molar-refractivity contribution in [3.8, 4) is 5.82 Å². The summed E-state index contributed by atoms with van der Waals surface area (Å²) in [5.41, 5.74) is 2.35. The van der Waals surface area contributed by atoms with Gasteiger partial charge in [-0.15, -0.1) is 0 Å². The Labute approximate surface area is 239 Å². The zero-order valence-corrected chi connectivity index (χ0v) is 26.5. The average molecular weight is 585 g/mol. The smallest absolute Gasteiger partial charge is 0.224 e. The van der Waals surface area contributed by atoms with Crippen molar-refractivity contribution < 1.29 is 12.8 Å². The Kier molecular flexibility index (Phi) is 8.04. The summed E-state index contributed by atoms with van der Waals surface area (Å²) < 4.78 is 34.7. The first-order valence-corrected chi connectivity index (χ1v) is 19.2. The van der Waals surface area contributed by atoms with E-state index in [9.17, 15) is 8.42 Å². The van der Waals surface area contributed by atoms with E-state index in [1.807, 2.05) is 6.07 Å². The number of sulfonamides is 1. The van der Waals surface area contributed by atoms with Crippen molar-refractivity contribution in [1.82, 2.24) is 19.3 Å². The predicted molar refractivity (Wildman–Crippen MR) is 165 cm³/mol. The van der Waals surface area contributed by atoms with Crippen LogP contribution in [0.3, 0.4) is 0 Å². The molecule has 2 aromatic heterocycles. The molecule has 218 valence electrons. The minimum Gasteiger partial charge on any atom is -0.412 e. The van der Waals surface area contributed by atoms with Gasteiger partial charge in [-0.1, -0.05) is 26.8 Å². The van der Waals surface area contributed by atoms with E-state index in [4.69, 9.17) is 9.41 Å². The van der Waals surface area contributed by atoms with Crippen molar-refractivity contribution in [1.29, 1.82) is 0 Å². The number of nitrogens with zero attached hydrogens (tertiary/aromatic N) is 4. The van der Waals surface area contributed by atoms with Crippen LogP contribution in [-0.4, -0.2) is 68.8 Å². The molecular weight excluding hydrogens is 541 g/mol. The normalized spacial score (nSPS) is 22.6. The fourth-order valence-electron chi connectivity index (χ4n) is 5.66. The fraction of sp³-hybridized carbons (Fsp3) is 0.586.